The van der Waals surface area contributed by atoms with E-state index in [1.54, 1.807) is 0 Å². The molecule has 0 N–H and O–H groups in total. The topological polar surface area (TPSA) is 35.9 Å². The molecule has 0 atom stereocenters. The second-order valence-corrected chi connectivity index (χ2v) is 28.9. The molecule has 0 radical (unpaired) electrons. The average molecular weight is 1120 g/mol. The van der Waals surface area contributed by atoms with Gasteiger partial charge >= 0.3 is 0 Å². The summed E-state index contributed by atoms with van der Waals surface area (Å²) >= 11 is 0. The third-order valence-electron chi connectivity index (χ3n) is 18.4. The first kappa shape index (κ1) is 58.5. The summed E-state index contributed by atoms with van der Waals surface area (Å²) in [5.41, 5.74) is 15.3. The molecule has 3 aromatic heterocycles. The summed E-state index contributed by atoms with van der Waals surface area (Å²) in [5.74, 6) is 2.37. The Hall–Kier alpha value is -8.28. The lowest BCUT2D eigenvalue weighted by atomic mass is 9.72. The number of benzene rings is 8. The fraction of sp³-hybridized carbons (Fsp3) is 0.300. The second kappa shape index (κ2) is 21.3. The highest BCUT2D eigenvalue weighted by Gasteiger charge is 2.41. The number of nitrogens with zero attached hydrogens (tertiary/aromatic N) is 4. The van der Waals surface area contributed by atoms with E-state index in [0.29, 0.717) is 0 Å². The Morgan fingerprint density at radius 1 is 0.365 bits per heavy atom. The van der Waals surface area contributed by atoms with E-state index < -0.39 is 10.8 Å². The summed E-state index contributed by atoms with van der Waals surface area (Å²) in [4.78, 5) is 5.06. The molecular weight excluding hydrogens is 1030 g/mol. The molecule has 432 valence electrons. The first-order valence-corrected chi connectivity index (χ1v) is 30.4. The van der Waals surface area contributed by atoms with Crippen LogP contribution >= 0.6 is 0 Å². The van der Waals surface area contributed by atoms with E-state index in [1.165, 1.54) is 49.9 Å². The van der Waals surface area contributed by atoms with Gasteiger partial charge in [0.15, 0.2) is 0 Å². The molecule has 3 heterocycles. The fourth-order valence-corrected chi connectivity index (χ4v) is 12.5. The summed E-state index contributed by atoms with van der Waals surface area (Å²) in [6.07, 6.45) is 6.15. The predicted octanol–water partition coefficient (Wildman–Crippen LogP) is 20.0. The molecule has 0 saturated heterocycles. The van der Waals surface area contributed by atoms with Gasteiger partial charge in [-0.15, -0.1) is 0 Å². The van der Waals surface area contributed by atoms with Gasteiger partial charge in [0.2, 0.25) is 0 Å². The van der Waals surface area contributed by atoms with Crippen LogP contribution in [0.5, 0.6) is 11.5 Å². The van der Waals surface area contributed by atoms with E-state index in [4.69, 9.17) is 9.72 Å². The van der Waals surface area contributed by atoms with E-state index in [0.717, 1.165) is 62.1 Å². The number of aromatic nitrogens is 4. The minimum absolute atomic E-state index is 0.0257. The van der Waals surface area contributed by atoms with Crippen LogP contribution in [0.3, 0.4) is 0 Å². The molecule has 0 bridgehead atoms. The number of fused-ring (bicyclic) bond motifs is 3. The van der Waals surface area contributed by atoms with Gasteiger partial charge < -0.3 is 4.74 Å². The molecule has 11 aromatic rings. The highest BCUT2D eigenvalue weighted by molar-refractivity contribution is 6.09. The quantitative estimate of drug-likeness (QED) is 0.0852. The van der Waals surface area contributed by atoms with Gasteiger partial charge in [0.05, 0.1) is 33.8 Å². The fourth-order valence-electron chi connectivity index (χ4n) is 12.5. The van der Waals surface area contributed by atoms with Crippen molar-refractivity contribution in [2.75, 3.05) is 0 Å². The zero-order chi connectivity index (χ0) is 60.6. The lowest BCUT2D eigenvalue weighted by Gasteiger charge is -2.36. The van der Waals surface area contributed by atoms with Gasteiger partial charge in [0.1, 0.15) is 17.3 Å². The molecule has 8 aromatic carbocycles. The summed E-state index contributed by atoms with van der Waals surface area (Å²) < 4.78 is 14.4. The maximum Gasteiger partial charge on any atom is 0.269 e. The molecule has 0 unspecified atom stereocenters. The minimum Gasteiger partial charge on any atom is -0.458 e. The van der Waals surface area contributed by atoms with Crippen LogP contribution in [0.4, 0.5) is 0 Å². The lowest BCUT2D eigenvalue weighted by Crippen LogP contribution is -2.43. The number of pyridine rings is 1. The molecule has 11 rings (SSSR count). The average Bonchev–Trinajstić information content (AvgIpc) is 2.63. The summed E-state index contributed by atoms with van der Waals surface area (Å²) in [7, 11) is 0. The van der Waals surface area contributed by atoms with Crippen molar-refractivity contribution in [2.45, 2.75) is 156 Å². The zero-order valence-electron chi connectivity index (χ0n) is 53.4. The van der Waals surface area contributed by atoms with Gasteiger partial charge in [-0.1, -0.05) is 251 Å². The molecule has 0 aliphatic rings. The largest absolute Gasteiger partial charge is 0.458 e. The summed E-state index contributed by atoms with van der Waals surface area (Å²) in [6.45, 7) is 39.5. The van der Waals surface area contributed by atoms with Gasteiger partial charge in [-0.25, -0.2) is 4.98 Å². The Morgan fingerprint density at radius 2 is 0.859 bits per heavy atom. The van der Waals surface area contributed by atoms with Gasteiger partial charge in [-0.3, -0.25) is 13.7 Å². The van der Waals surface area contributed by atoms with Crippen molar-refractivity contribution < 1.29 is 9.30 Å². The summed E-state index contributed by atoms with van der Waals surface area (Å²) in [5, 5.41) is 2.35. The van der Waals surface area contributed by atoms with Crippen molar-refractivity contribution in [2.24, 2.45) is 0 Å². The smallest absolute Gasteiger partial charge is 0.269 e. The van der Waals surface area contributed by atoms with Crippen molar-refractivity contribution >= 4 is 21.8 Å². The molecule has 5 heteroatoms. The SMILES string of the molecule is CC(C)(C)c1cc(Oc2ccc3c4cc(C(C)(C)C)ccc4n(-c4cc(C(C)(C)C)ccn4)c3c2)cc(-n2[c-][n+](-c3cc(C(C)(C)c4ccccc4)cc(C(C)(C)c4ccccc4)c3)c(C(C)(C)c3ccccc3)c2C(C)(C)c2ccccc2)c1. The van der Waals surface area contributed by atoms with Gasteiger partial charge in [-0.05, 0) is 133 Å². The van der Waals surface area contributed by atoms with Gasteiger partial charge in [0.25, 0.3) is 6.33 Å². The molecule has 0 spiro atoms. The Labute approximate surface area is 507 Å². The minimum atomic E-state index is -0.556. The maximum absolute atomic E-state index is 7.32. The van der Waals surface area contributed by atoms with Crippen LogP contribution in [0.2, 0.25) is 0 Å². The van der Waals surface area contributed by atoms with E-state index in [1.807, 2.05) is 6.20 Å². The molecule has 0 aliphatic carbocycles. The van der Waals surface area contributed by atoms with Crippen molar-refractivity contribution in [3.63, 3.8) is 0 Å². The van der Waals surface area contributed by atoms with Crippen LogP contribution in [-0.4, -0.2) is 14.1 Å². The van der Waals surface area contributed by atoms with Crippen LogP contribution in [0, 0.1) is 6.33 Å². The van der Waals surface area contributed by atoms with Crippen molar-refractivity contribution in [1.29, 1.82) is 0 Å². The van der Waals surface area contributed by atoms with Crippen LogP contribution in [-0.2, 0) is 37.9 Å². The highest BCUT2D eigenvalue weighted by atomic mass is 16.5. The van der Waals surface area contributed by atoms with E-state index in [9.17, 15) is 0 Å². The van der Waals surface area contributed by atoms with E-state index in [2.05, 4.69) is 344 Å². The molecule has 0 fully saturated rings. The molecule has 5 nitrogen and oxygen atoms in total. The normalized spacial score (nSPS) is 13.0. The van der Waals surface area contributed by atoms with Crippen LogP contribution in [0.1, 0.15) is 179 Å². The molecule has 0 amide bonds. The van der Waals surface area contributed by atoms with E-state index in [-0.39, 0.29) is 27.1 Å². The monoisotopic (exact) mass is 1120 g/mol. The Morgan fingerprint density at radius 3 is 1.38 bits per heavy atom. The predicted molar refractivity (Wildman–Crippen MR) is 355 cm³/mol. The first-order valence-electron chi connectivity index (χ1n) is 30.4. The van der Waals surface area contributed by atoms with Crippen molar-refractivity contribution in [3.05, 3.63) is 280 Å². The molecule has 85 heavy (non-hydrogen) atoms. The van der Waals surface area contributed by atoms with E-state index >= 15 is 0 Å². The van der Waals surface area contributed by atoms with Crippen LogP contribution < -0.4 is 9.30 Å². The van der Waals surface area contributed by atoms with Crippen molar-refractivity contribution in [3.8, 4) is 28.7 Å². The highest BCUT2D eigenvalue weighted by Crippen LogP contribution is 2.46. The number of hydrogen-bond acceptors (Lipinski definition) is 2. The standard InChI is InChI=1S/C80H86N4O/c1-74(2,3)58-38-41-69-68(49-58)67-40-39-65(52-70(67)84(69)71-50-59(42-43-81-71)75(4,5)6)85-66-48-60(76(7,8)9)45-64(51-66)83-53-82(72(79(14,15)56-34-26-20-27-35-56)73(83)80(16,17)57-36-28-21-29-37-57)63-46-61(77(10,11)54-30-22-18-23-31-54)44-62(47-63)78(12,13)55-32-24-19-25-33-55/h18-52H,1-17H3. The number of rotatable bonds is 13. The number of imidazole rings is 1. The Kier molecular flexibility index (Phi) is 14.7. The number of ether oxygens (including phenoxy) is 1. The van der Waals surface area contributed by atoms with Crippen LogP contribution in [0.15, 0.2) is 212 Å². The van der Waals surface area contributed by atoms with Gasteiger partial charge in [0, 0.05) is 44.7 Å². The Bertz CT molecular complexity index is 4160. The molecule has 0 aliphatic heterocycles. The zero-order valence-corrected chi connectivity index (χ0v) is 53.4. The van der Waals surface area contributed by atoms with Gasteiger partial charge in [-0.2, -0.15) is 0 Å². The van der Waals surface area contributed by atoms with Crippen LogP contribution in [0.25, 0.3) is 39.0 Å². The second-order valence-electron chi connectivity index (χ2n) is 28.9. The lowest BCUT2D eigenvalue weighted by molar-refractivity contribution is -0.611. The first-order chi connectivity index (χ1) is 40.0. The maximum atomic E-state index is 7.32. The Balaban J connectivity index is 1.19. The number of hydrogen-bond donors (Lipinski definition) is 0. The molecular formula is C80H86N4O. The molecule has 0 saturated carbocycles. The third kappa shape index (κ3) is 11.0. The third-order valence-corrected chi connectivity index (χ3v) is 18.4. The summed E-state index contributed by atoms with van der Waals surface area (Å²) in [6, 6.07) is 75.9. The van der Waals surface area contributed by atoms with Crippen molar-refractivity contribution in [1.82, 2.24) is 14.1 Å².